The summed E-state index contributed by atoms with van der Waals surface area (Å²) in [6, 6.07) is 0. The number of hydrogen-bond acceptors (Lipinski definition) is 4. The second-order valence-electron chi connectivity index (χ2n) is 2.51. The van der Waals surface area contributed by atoms with E-state index in [-0.39, 0.29) is 13.2 Å². The quantitative estimate of drug-likeness (QED) is 0.423. The summed E-state index contributed by atoms with van der Waals surface area (Å²) in [5, 5.41) is 26.6. The molecule has 2 unspecified atom stereocenters. The van der Waals surface area contributed by atoms with Crippen molar-refractivity contribution in [3.05, 3.63) is 0 Å². The molecule has 1 rings (SSSR count). The lowest BCUT2D eigenvalue weighted by Crippen LogP contribution is -2.42. The lowest BCUT2D eigenvalue weighted by molar-refractivity contribution is -0.136. The molecule has 1 fully saturated rings. The first kappa shape index (κ1) is 7.94. The Morgan fingerprint density at radius 3 is 2.60 bits per heavy atom. The molecule has 1 aliphatic heterocycles. The molecule has 60 valence electrons. The van der Waals surface area contributed by atoms with E-state index >= 15 is 0 Å². The van der Waals surface area contributed by atoms with Crippen LogP contribution in [-0.2, 0) is 4.74 Å². The van der Waals surface area contributed by atoms with Crippen LogP contribution in [0, 0.1) is 0 Å². The Morgan fingerprint density at radius 2 is 2.10 bits per heavy atom. The maximum Gasteiger partial charge on any atom is 0.107 e. The van der Waals surface area contributed by atoms with Gasteiger partial charge in [0.1, 0.15) is 6.10 Å². The van der Waals surface area contributed by atoms with Crippen molar-refractivity contribution in [3.8, 4) is 0 Å². The first-order chi connectivity index (χ1) is 4.74. The molecular weight excluding hydrogens is 136 g/mol. The molecule has 10 heavy (non-hydrogen) atoms. The van der Waals surface area contributed by atoms with E-state index in [2.05, 4.69) is 0 Å². The fraction of sp³-hybridized carbons (Fsp3) is 1.00. The molecular formula is C6H12O4. The minimum Gasteiger partial charge on any atom is -0.394 e. The van der Waals surface area contributed by atoms with Gasteiger partial charge in [0.15, 0.2) is 0 Å². The summed E-state index contributed by atoms with van der Waals surface area (Å²) in [4.78, 5) is 0. The van der Waals surface area contributed by atoms with Crippen LogP contribution in [0.4, 0.5) is 0 Å². The summed E-state index contributed by atoms with van der Waals surface area (Å²) in [7, 11) is 0. The molecule has 3 atom stereocenters. The van der Waals surface area contributed by atoms with Gasteiger partial charge in [0.2, 0.25) is 0 Å². The summed E-state index contributed by atoms with van der Waals surface area (Å²) in [5.41, 5.74) is 0. The lowest BCUT2D eigenvalue weighted by atomic mass is 10.0. The van der Waals surface area contributed by atoms with Crippen LogP contribution in [0.3, 0.4) is 0 Å². The van der Waals surface area contributed by atoms with Gasteiger partial charge in [-0.1, -0.05) is 0 Å². The van der Waals surface area contributed by atoms with Crippen LogP contribution >= 0.6 is 0 Å². The van der Waals surface area contributed by atoms with Gasteiger partial charge >= 0.3 is 0 Å². The van der Waals surface area contributed by atoms with E-state index in [4.69, 9.17) is 20.1 Å². The van der Waals surface area contributed by atoms with Gasteiger partial charge in [0.25, 0.3) is 0 Å². The summed E-state index contributed by atoms with van der Waals surface area (Å²) in [6.07, 6.45) is -1.53. The van der Waals surface area contributed by atoms with Crippen molar-refractivity contribution < 1.29 is 20.1 Å². The predicted octanol–water partition coefficient (Wildman–Crippen LogP) is -1.51. The zero-order chi connectivity index (χ0) is 7.56. The van der Waals surface area contributed by atoms with E-state index in [0.29, 0.717) is 6.42 Å². The number of aliphatic hydroxyl groups is 3. The molecule has 1 heterocycles. The fourth-order valence-corrected chi connectivity index (χ4v) is 1.02. The molecule has 0 amide bonds. The minimum atomic E-state index is -0.728. The third-order valence-corrected chi connectivity index (χ3v) is 1.63. The van der Waals surface area contributed by atoms with Gasteiger partial charge in [-0.3, -0.25) is 0 Å². The van der Waals surface area contributed by atoms with Crippen LogP contribution < -0.4 is 0 Å². The Bertz CT molecular complexity index is 106. The Morgan fingerprint density at radius 1 is 1.40 bits per heavy atom. The van der Waals surface area contributed by atoms with Crippen LogP contribution in [0.1, 0.15) is 6.42 Å². The molecule has 0 aromatic heterocycles. The van der Waals surface area contributed by atoms with E-state index in [1.54, 1.807) is 0 Å². The summed E-state index contributed by atoms with van der Waals surface area (Å²) in [6.45, 7) is 0.0240. The molecule has 0 aromatic rings. The van der Waals surface area contributed by atoms with Crippen LogP contribution in [0.15, 0.2) is 0 Å². The second-order valence-corrected chi connectivity index (χ2v) is 2.51. The molecule has 0 radical (unpaired) electrons. The molecule has 0 spiro atoms. The zero-order valence-electron chi connectivity index (χ0n) is 5.60. The average Bonchev–Trinajstić information content (AvgIpc) is 1.88. The molecule has 4 heteroatoms. The van der Waals surface area contributed by atoms with Gasteiger partial charge in [-0.05, 0) is 0 Å². The van der Waals surface area contributed by atoms with Gasteiger partial charge in [-0.2, -0.15) is 0 Å². The van der Waals surface area contributed by atoms with Crippen molar-refractivity contribution in [2.24, 2.45) is 0 Å². The van der Waals surface area contributed by atoms with Crippen molar-refractivity contribution in [1.29, 1.82) is 0 Å². The standard InChI is InChI=1S/C6H12O4/c7-2-6-5(9)1-4(8)3-10-6/h4-9H,1-3H2/t4?,5-,6?/m0/s1. The van der Waals surface area contributed by atoms with Crippen LogP contribution in [0.5, 0.6) is 0 Å². The third-order valence-electron chi connectivity index (χ3n) is 1.63. The van der Waals surface area contributed by atoms with E-state index in [9.17, 15) is 0 Å². The maximum absolute atomic E-state index is 9.09. The number of aliphatic hydroxyl groups excluding tert-OH is 3. The first-order valence-electron chi connectivity index (χ1n) is 3.32. The first-order valence-corrected chi connectivity index (χ1v) is 3.32. The molecule has 1 saturated heterocycles. The van der Waals surface area contributed by atoms with Crippen LogP contribution in [-0.4, -0.2) is 46.8 Å². The molecule has 3 N–H and O–H groups in total. The molecule has 0 aliphatic carbocycles. The Kier molecular flexibility index (Phi) is 2.62. The molecule has 1 aliphatic rings. The monoisotopic (exact) mass is 148 g/mol. The van der Waals surface area contributed by atoms with E-state index in [1.807, 2.05) is 0 Å². The van der Waals surface area contributed by atoms with E-state index in [1.165, 1.54) is 0 Å². The predicted molar refractivity (Wildman–Crippen MR) is 33.5 cm³/mol. The van der Waals surface area contributed by atoms with Crippen molar-refractivity contribution in [2.75, 3.05) is 13.2 Å². The third kappa shape index (κ3) is 1.67. The maximum atomic E-state index is 9.09. The van der Waals surface area contributed by atoms with Gasteiger partial charge < -0.3 is 20.1 Å². The fourth-order valence-electron chi connectivity index (χ4n) is 1.02. The number of hydrogen-bond donors (Lipinski definition) is 3. The van der Waals surface area contributed by atoms with E-state index < -0.39 is 18.3 Å². The minimum absolute atomic E-state index is 0.187. The summed E-state index contributed by atoms with van der Waals surface area (Å²) >= 11 is 0. The average molecular weight is 148 g/mol. The van der Waals surface area contributed by atoms with Gasteiger partial charge in [-0.15, -0.1) is 0 Å². The highest BCUT2D eigenvalue weighted by Crippen LogP contribution is 2.13. The highest BCUT2D eigenvalue weighted by Gasteiger charge is 2.27. The summed E-state index contributed by atoms with van der Waals surface area (Å²) in [5.74, 6) is 0. The Hall–Kier alpha value is -0.160. The highest BCUT2D eigenvalue weighted by molar-refractivity contribution is 4.76. The molecule has 4 nitrogen and oxygen atoms in total. The van der Waals surface area contributed by atoms with Crippen LogP contribution in [0.2, 0.25) is 0 Å². The molecule has 0 bridgehead atoms. The van der Waals surface area contributed by atoms with Gasteiger partial charge in [-0.25, -0.2) is 0 Å². The van der Waals surface area contributed by atoms with Gasteiger partial charge in [0.05, 0.1) is 25.4 Å². The topological polar surface area (TPSA) is 69.9 Å². The lowest BCUT2D eigenvalue weighted by Gasteiger charge is -2.29. The Balaban J connectivity index is 2.36. The SMILES string of the molecule is OCC1OCC(O)C[C@@H]1O. The van der Waals surface area contributed by atoms with Crippen LogP contribution in [0.25, 0.3) is 0 Å². The van der Waals surface area contributed by atoms with Crippen molar-refractivity contribution in [3.63, 3.8) is 0 Å². The van der Waals surface area contributed by atoms with Gasteiger partial charge in [0, 0.05) is 6.42 Å². The molecule has 0 saturated carbocycles. The number of ether oxygens (including phenoxy) is 1. The largest absolute Gasteiger partial charge is 0.394 e. The van der Waals surface area contributed by atoms with Crippen molar-refractivity contribution >= 4 is 0 Å². The Labute approximate surface area is 59.1 Å². The molecule has 0 aromatic carbocycles. The smallest absolute Gasteiger partial charge is 0.107 e. The highest BCUT2D eigenvalue weighted by atomic mass is 16.5. The number of rotatable bonds is 1. The van der Waals surface area contributed by atoms with E-state index in [0.717, 1.165) is 0 Å². The summed E-state index contributed by atoms with van der Waals surface area (Å²) < 4.78 is 4.90. The van der Waals surface area contributed by atoms with Crippen molar-refractivity contribution in [2.45, 2.75) is 24.7 Å². The van der Waals surface area contributed by atoms with Crippen molar-refractivity contribution in [1.82, 2.24) is 0 Å². The zero-order valence-corrected chi connectivity index (χ0v) is 5.60. The normalized spacial score (nSPS) is 41.7. The second kappa shape index (κ2) is 3.30.